The number of benzene rings is 2. The fourth-order valence-corrected chi connectivity index (χ4v) is 6.88. The van der Waals surface area contributed by atoms with Crippen molar-refractivity contribution in [2.24, 2.45) is 0 Å². The Balaban J connectivity index is 1.12. The van der Waals surface area contributed by atoms with Crippen LogP contribution in [0.25, 0.3) is 33.1 Å². The number of hydrogen-bond donors (Lipinski definition) is 2. The standard InChI is InChI=1S/C31H33Cl2N9/c1-40-12-14-41(15-13-40)22-7-9-23(10-8-22)42-17-25(27-29(34)35-18-36-30(27)42)19-2-5-21(6-3-19)37-31-38-26-11-4-20(32)16-24(26)28(33)39-31/h2-6,11,16-18,22-23H,7-10,12-15H2,1H3,(H2,34,35,36)(H,37,38,39)/t22-,23-. The molecule has 3 aromatic heterocycles. The average Bonchev–Trinajstić information content (AvgIpc) is 3.40. The number of nitrogen functional groups attached to an aromatic ring is 1. The molecule has 0 amide bonds. The van der Waals surface area contributed by atoms with Crippen molar-refractivity contribution >= 4 is 62.6 Å². The van der Waals surface area contributed by atoms with Crippen LogP contribution in [0.5, 0.6) is 0 Å². The van der Waals surface area contributed by atoms with Crippen LogP contribution in [0, 0.1) is 0 Å². The number of nitrogens with zero attached hydrogens (tertiary/aromatic N) is 7. The van der Waals surface area contributed by atoms with Crippen LogP contribution in [-0.2, 0) is 0 Å². The van der Waals surface area contributed by atoms with E-state index in [2.05, 4.69) is 60.0 Å². The number of halogens is 2. The summed E-state index contributed by atoms with van der Waals surface area (Å²) in [4.78, 5) is 23.1. The van der Waals surface area contributed by atoms with E-state index in [4.69, 9.17) is 33.9 Å². The Bertz CT molecular complexity index is 1740. The summed E-state index contributed by atoms with van der Waals surface area (Å²) in [5.41, 5.74) is 11.0. The quantitative estimate of drug-likeness (QED) is 0.223. The first-order chi connectivity index (χ1) is 20.4. The number of rotatable bonds is 5. The van der Waals surface area contributed by atoms with Gasteiger partial charge in [-0.2, -0.15) is 0 Å². The van der Waals surface area contributed by atoms with E-state index in [-0.39, 0.29) is 0 Å². The van der Waals surface area contributed by atoms with E-state index in [1.165, 1.54) is 25.9 Å². The predicted molar refractivity (Wildman–Crippen MR) is 171 cm³/mol. The van der Waals surface area contributed by atoms with E-state index < -0.39 is 0 Å². The highest BCUT2D eigenvalue weighted by Gasteiger charge is 2.30. The number of aromatic nitrogens is 5. The van der Waals surface area contributed by atoms with Crippen molar-refractivity contribution in [2.45, 2.75) is 37.8 Å². The zero-order valence-corrected chi connectivity index (χ0v) is 25.0. The summed E-state index contributed by atoms with van der Waals surface area (Å²) in [7, 11) is 2.22. The van der Waals surface area contributed by atoms with Crippen LogP contribution in [0.1, 0.15) is 31.7 Å². The third-order valence-corrected chi connectivity index (χ3v) is 9.34. The van der Waals surface area contributed by atoms with Gasteiger partial charge in [-0.25, -0.2) is 19.9 Å². The molecule has 0 atom stereocenters. The highest BCUT2D eigenvalue weighted by molar-refractivity contribution is 6.35. The number of anilines is 3. The Morgan fingerprint density at radius 3 is 2.38 bits per heavy atom. The van der Waals surface area contributed by atoms with Crippen LogP contribution in [0.3, 0.4) is 0 Å². The smallest absolute Gasteiger partial charge is 0.229 e. The van der Waals surface area contributed by atoms with E-state index >= 15 is 0 Å². The lowest BCUT2D eigenvalue weighted by atomic mass is 9.89. The summed E-state index contributed by atoms with van der Waals surface area (Å²) >= 11 is 12.5. The fourth-order valence-electron chi connectivity index (χ4n) is 6.48. The van der Waals surface area contributed by atoms with Crippen LogP contribution >= 0.6 is 23.2 Å². The van der Waals surface area contributed by atoms with Crippen LogP contribution in [0.15, 0.2) is 55.0 Å². The molecule has 1 aliphatic heterocycles. The van der Waals surface area contributed by atoms with Crippen molar-refractivity contribution in [1.29, 1.82) is 0 Å². The second kappa shape index (κ2) is 11.3. The lowest BCUT2D eigenvalue weighted by Gasteiger charge is -2.41. The van der Waals surface area contributed by atoms with Crippen LogP contribution in [-0.4, -0.2) is 73.6 Å². The van der Waals surface area contributed by atoms with Gasteiger partial charge in [0.25, 0.3) is 0 Å². The van der Waals surface area contributed by atoms with E-state index in [9.17, 15) is 0 Å². The van der Waals surface area contributed by atoms with Gasteiger partial charge in [-0.15, -0.1) is 0 Å². The molecule has 2 aromatic carbocycles. The maximum absolute atomic E-state index is 6.44. The molecule has 0 bridgehead atoms. The van der Waals surface area contributed by atoms with Crippen molar-refractivity contribution in [3.63, 3.8) is 0 Å². The maximum Gasteiger partial charge on any atom is 0.229 e. The topological polar surface area (TPSA) is 101 Å². The van der Waals surface area contributed by atoms with Gasteiger partial charge in [0.2, 0.25) is 5.95 Å². The van der Waals surface area contributed by atoms with Gasteiger partial charge in [-0.05, 0) is 68.6 Å². The van der Waals surface area contributed by atoms with Crippen molar-refractivity contribution in [3.05, 3.63) is 65.2 Å². The van der Waals surface area contributed by atoms with Gasteiger partial charge in [0.1, 0.15) is 22.9 Å². The molecule has 4 heterocycles. The summed E-state index contributed by atoms with van der Waals surface area (Å²) in [6, 6.07) is 14.6. The molecule has 11 heteroatoms. The highest BCUT2D eigenvalue weighted by Crippen LogP contribution is 2.39. The lowest BCUT2D eigenvalue weighted by Crippen LogP contribution is -2.49. The molecule has 42 heavy (non-hydrogen) atoms. The Kier molecular flexibility index (Phi) is 7.35. The minimum Gasteiger partial charge on any atom is -0.383 e. The van der Waals surface area contributed by atoms with E-state index in [1.807, 2.05) is 18.2 Å². The second-order valence-electron chi connectivity index (χ2n) is 11.4. The van der Waals surface area contributed by atoms with Gasteiger partial charge < -0.3 is 20.5 Å². The van der Waals surface area contributed by atoms with Crippen molar-refractivity contribution in [1.82, 2.24) is 34.3 Å². The summed E-state index contributed by atoms with van der Waals surface area (Å²) in [5, 5.41) is 5.83. The molecule has 7 rings (SSSR count). The molecular weight excluding hydrogens is 569 g/mol. The SMILES string of the molecule is CN1CCN([C@H]2CC[C@H](n3cc(-c4ccc(Nc5nc(Cl)c6cc(Cl)ccc6n5)cc4)c4c(N)ncnc43)CC2)CC1. The van der Waals surface area contributed by atoms with Gasteiger partial charge >= 0.3 is 0 Å². The Morgan fingerprint density at radius 1 is 0.881 bits per heavy atom. The lowest BCUT2D eigenvalue weighted by molar-refractivity contribution is 0.0828. The Labute approximate surface area is 254 Å². The summed E-state index contributed by atoms with van der Waals surface area (Å²) in [6.07, 6.45) is 8.47. The molecule has 1 saturated carbocycles. The van der Waals surface area contributed by atoms with E-state index in [0.717, 1.165) is 59.3 Å². The molecular formula is C31H33Cl2N9. The number of fused-ring (bicyclic) bond motifs is 2. The van der Waals surface area contributed by atoms with Crippen molar-refractivity contribution in [3.8, 4) is 11.1 Å². The monoisotopic (exact) mass is 601 g/mol. The molecule has 9 nitrogen and oxygen atoms in total. The molecule has 0 spiro atoms. The first kappa shape index (κ1) is 27.3. The molecule has 5 aromatic rings. The summed E-state index contributed by atoms with van der Waals surface area (Å²) < 4.78 is 2.34. The van der Waals surface area contributed by atoms with Gasteiger partial charge in [-0.3, -0.25) is 4.90 Å². The van der Waals surface area contributed by atoms with Gasteiger partial charge in [0.05, 0.1) is 10.9 Å². The molecule has 2 aliphatic rings. The van der Waals surface area contributed by atoms with Crippen molar-refractivity contribution in [2.75, 3.05) is 44.3 Å². The minimum atomic E-state index is 0.350. The molecule has 216 valence electrons. The number of likely N-dealkylation sites (N-methyl/N-ethyl adjacent to an activating group) is 1. The largest absolute Gasteiger partial charge is 0.383 e. The Hall–Kier alpha value is -3.50. The van der Waals surface area contributed by atoms with E-state index in [0.29, 0.717) is 39.4 Å². The number of piperazine rings is 1. The van der Waals surface area contributed by atoms with Gasteiger partial charge in [0, 0.05) is 66.1 Å². The van der Waals surface area contributed by atoms with Crippen molar-refractivity contribution < 1.29 is 0 Å². The molecule has 1 aliphatic carbocycles. The Morgan fingerprint density at radius 2 is 1.62 bits per heavy atom. The number of nitrogens with one attached hydrogen (secondary N) is 1. The minimum absolute atomic E-state index is 0.350. The summed E-state index contributed by atoms with van der Waals surface area (Å²) in [5.74, 6) is 0.922. The number of hydrogen-bond acceptors (Lipinski definition) is 8. The van der Waals surface area contributed by atoms with Gasteiger partial charge in [-0.1, -0.05) is 35.3 Å². The fraction of sp³-hybridized carbons (Fsp3) is 0.355. The third kappa shape index (κ3) is 5.26. The zero-order valence-electron chi connectivity index (χ0n) is 23.5. The molecule has 0 unspecified atom stereocenters. The predicted octanol–water partition coefficient (Wildman–Crippen LogP) is 6.41. The molecule has 1 saturated heterocycles. The van der Waals surface area contributed by atoms with Crippen LogP contribution in [0.4, 0.5) is 17.5 Å². The number of nitrogens with two attached hydrogens (primary N) is 1. The van der Waals surface area contributed by atoms with Crippen LogP contribution in [0.2, 0.25) is 10.2 Å². The van der Waals surface area contributed by atoms with Gasteiger partial charge in [0.15, 0.2) is 0 Å². The zero-order chi connectivity index (χ0) is 28.8. The third-order valence-electron chi connectivity index (χ3n) is 8.82. The average molecular weight is 603 g/mol. The molecule has 3 N–H and O–H groups in total. The first-order valence-corrected chi connectivity index (χ1v) is 15.2. The molecule has 2 fully saturated rings. The first-order valence-electron chi connectivity index (χ1n) is 14.5. The highest BCUT2D eigenvalue weighted by atomic mass is 35.5. The summed E-state index contributed by atoms with van der Waals surface area (Å²) in [6.45, 7) is 4.67. The normalized spacial score (nSPS) is 20.4. The maximum atomic E-state index is 6.44. The molecule has 0 radical (unpaired) electrons. The van der Waals surface area contributed by atoms with E-state index in [1.54, 1.807) is 18.5 Å². The second-order valence-corrected chi connectivity index (χ2v) is 12.2. The van der Waals surface area contributed by atoms with Crippen LogP contribution < -0.4 is 11.1 Å².